The van der Waals surface area contributed by atoms with E-state index in [2.05, 4.69) is 17.1 Å². The second-order valence-corrected chi connectivity index (χ2v) is 4.95. The summed E-state index contributed by atoms with van der Waals surface area (Å²) in [5.41, 5.74) is 9.79. The molecule has 0 unspecified atom stereocenters. The molecule has 1 atom stereocenters. The molecule has 0 spiro atoms. The zero-order chi connectivity index (χ0) is 13.9. The molecule has 0 aromatic heterocycles. The summed E-state index contributed by atoms with van der Waals surface area (Å²) in [5, 5.41) is 0. The van der Waals surface area contributed by atoms with E-state index in [1.54, 1.807) is 0 Å². The van der Waals surface area contributed by atoms with E-state index in [4.69, 9.17) is 5.73 Å². The predicted octanol–water partition coefficient (Wildman–Crippen LogP) is 2.65. The van der Waals surface area contributed by atoms with Crippen LogP contribution in [-0.2, 0) is 11.2 Å². The fourth-order valence-electron chi connectivity index (χ4n) is 2.64. The van der Waals surface area contributed by atoms with E-state index in [-0.39, 0.29) is 0 Å². The highest BCUT2D eigenvalue weighted by atomic mass is 16.1. The number of carbonyl (C=O) groups excluding carboxylic acids is 1. The van der Waals surface area contributed by atoms with Gasteiger partial charge in [0.2, 0.25) is 5.91 Å². The monoisotopic (exact) mass is 264 g/mol. The molecule has 0 heterocycles. The van der Waals surface area contributed by atoms with Crippen LogP contribution >= 0.6 is 0 Å². The van der Waals surface area contributed by atoms with Gasteiger partial charge in [-0.05, 0) is 29.5 Å². The Bertz CT molecular complexity index is 662. The highest BCUT2D eigenvalue weighted by molar-refractivity contribution is 6.05. The Morgan fingerprint density at radius 2 is 1.70 bits per heavy atom. The van der Waals surface area contributed by atoms with Crippen molar-refractivity contribution in [3.63, 3.8) is 0 Å². The minimum absolute atomic E-state index is 0.409. The number of nitrogens with zero attached hydrogens (tertiary/aromatic N) is 1. The summed E-state index contributed by atoms with van der Waals surface area (Å²) in [6, 6.07) is 17.1. The van der Waals surface area contributed by atoms with Crippen LogP contribution in [0.4, 0.5) is 0 Å². The van der Waals surface area contributed by atoms with Crippen molar-refractivity contribution in [2.75, 3.05) is 0 Å². The number of primary amides is 1. The van der Waals surface area contributed by atoms with E-state index in [1.807, 2.05) is 42.5 Å². The van der Waals surface area contributed by atoms with E-state index in [9.17, 15) is 4.79 Å². The van der Waals surface area contributed by atoms with Crippen LogP contribution in [0.5, 0.6) is 0 Å². The van der Waals surface area contributed by atoms with Crippen molar-refractivity contribution in [1.29, 1.82) is 0 Å². The van der Waals surface area contributed by atoms with Crippen LogP contribution in [0.1, 0.15) is 29.2 Å². The van der Waals surface area contributed by atoms with Crippen molar-refractivity contribution in [1.82, 2.24) is 0 Å². The molecule has 1 aliphatic carbocycles. The average Bonchev–Trinajstić information content (AvgIpc) is 2.88. The molecule has 0 radical (unpaired) electrons. The van der Waals surface area contributed by atoms with E-state index in [0.29, 0.717) is 0 Å². The molecule has 3 nitrogen and oxygen atoms in total. The van der Waals surface area contributed by atoms with Crippen LogP contribution in [0.15, 0.2) is 59.6 Å². The first-order valence-corrected chi connectivity index (χ1v) is 6.75. The minimum atomic E-state index is -0.600. The Hall–Kier alpha value is -2.42. The molecule has 0 saturated carbocycles. The zero-order valence-corrected chi connectivity index (χ0v) is 11.1. The van der Waals surface area contributed by atoms with Gasteiger partial charge in [-0.1, -0.05) is 54.6 Å². The normalized spacial score (nSPS) is 16.9. The summed E-state index contributed by atoms with van der Waals surface area (Å²) in [7, 11) is 0. The largest absolute Gasteiger partial charge is 0.368 e. The van der Waals surface area contributed by atoms with Crippen molar-refractivity contribution < 1.29 is 4.79 Å². The van der Waals surface area contributed by atoms with Crippen LogP contribution in [0.25, 0.3) is 0 Å². The molecule has 0 aliphatic heterocycles. The van der Waals surface area contributed by atoms with E-state index in [0.717, 1.165) is 29.7 Å². The van der Waals surface area contributed by atoms with Gasteiger partial charge < -0.3 is 5.73 Å². The van der Waals surface area contributed by atoms with Crippen molar-refractivity contribution >= 4 is 11.6 Å². The van der Waals surface area contributed by atoms with Gasteiger partial charge in [0.15, 0.2) is 6.04 Å². The number of fused-ring (bicyclic) bond motifs is 1. The van der Waals surface area contributed by atoms with Crippen LogP contribution < -0.4 is 5.73 Å². The fourth-order valence-corrected chi connectivity index (χ4v) is 2.64. The Kier molecular flexibility index (Phi) is 3.33. The molecule has 0 saturated heterocycles. The molecule has 0 fully saturated rings. The van der Waals surface area contributed by atoms with Gasteiger partial charge in [0.25, 0.3) is 0 Å². The maximum absolute atomic E-state index is 11.7. The summed E-state index contributed by atoms with van der Waals surface area (Å²) in [5.74, 6) is -0.409. The number of hydrogen-bond donors (Lipinski definition) is 1. The molecule has 2 aromatic carbocycles. The third-order valence-electron chi connectivity index (χ3n) is 3.63. The smallest absolute Gasteiger partial charge is 0.246 e. The number of carbonyl (C=O) groups is 1. The van der Waals surface area contributed by atoms with Crippen molar-refractivity contribution in [3.05, 3.63) is 71.3 Å². The Labute approximate surface area is 118 Å². The Morgan fingerprint density at radius 1 is 1.00 bits per heavy atom. The lowest BCUT2D eigenvalue weighted by Crippen LogP contribution is -2.21. The highest BCUT2D eigenvalue weighted by Crippen LogP contribution is 2.26. The molecular weight excluding hydrogens is 248 g/mol. The zero-order valence-electron chi connectivity index (χ0n) is 11.1. The van der Waals surface area contributed by atoms with Crippen LogP contribution in [0, 0.1) is 0 Å². The molecule has 1 amide bonds. The lowest BCUT2D eigenvalue weighted by Gasteiger charge is -2.10. The number of hydrogen-bond acceptors (Lipinski definition) is 2. The van der Waals surface area contributed by atoms with Gasteiger partial charge in [-0.15, -0.1) is 0 Å². The first kappa shape index (κ1) is 12.6. The van der Waals surface area contributed by atoms with Gasteiger partial charge in [-0.2, -0.15) is 0 Å². The van der Waals surface area contributed by atoms with Gasteiger partial charge in [0.1, 0.15) is 0 Å². The van der Waals surface area contributed by atoms with Gasteiger partial charge >= 0.3 is 0 Å². The topological polar surface area (TPSA) is 55.5 Å². The van der Waals surface area contributed by atoms with Gasteiger partial charge in [-0.25, -0.2) is 0 Å². The third kappa shape index (κ3) is 2.35. The number of benzene rings is 2. The summed E-state index contributed by atoms with van der Waals surface area (Å²) in [6.07, 6.45) is 1.85. The van der Waals surface area contributed by atoms with Crippen molar-refractivity contribution in [3.8, 4) is 0 Å². The highest BCUT2D eigenvalue weighted by Gasteiger charge is 2.22. The van der Waals surface area contributed by atoms with Gasteiger partial charge in [0.05, 0.1) is 0 Å². The molecule has 3 rings (SSSR count). The number of amides is 1. The second kappa shape index (κ2) is 5.29. The Morgan fingerprint density at radius 3 is 2.45 bits per heavy atom. The van der Waals surface area contributed by atoms with E-state index >= 15 is 0 Å². The molecule has 1 aliphatic rings. The molecule has 20 heavy (non-hydrogen) atoms. The molecular formula is C17H16N2O. The minimum Gasteiger partial charge on any atom is -0.368 e. The predicted molar refractivity (Wildman–Crippen MR) is 79.7 cm³/mol. The summed E-state index contributed by atoms with van der Waals surface area (Å²) in [4.78, 5) is 16.3. The van der Waals surface area contributed by atoms with Gasteiger partial charge in [0, 0.05) is 5.71 Å². The molecule has 3 heteroatoms. The number of rotatable bonds is 3. The SMILES string of the molecule is NC(=O)[C@H](N=C1CCc2ccccc21)c1ccccc1. The summed E-state index contributed by atoms with van der Waals surface area (Å²) in [6.45, 7) is 0. The van der Waals surface area contributed by atoms with Crippen LogP contribution in [0.2, 0.25) is 0 Å². The first-order valence-electron chi connectivity index (χ1n) is 6.75. The maximum Gasteiger partial charge on any atom is 0.246 e. The van der Waals surface area contributed by atoms with Gasteiger partial charge in [-0.3, -0.25) is 9.79 Å². The van der Waals surface area contributed by atoms with Crippen molar-refractivity contribution in [2.24, 2.45) is 10.7 Å². The van der Waals surface area contributed by atoms with E-state index < -0.39 is 11.9 Å². The number of aryl methyl sites for hydroxylation is 1. The fraction of sp³-hybridized carbons (Fsp3) is 0.176. The van der Waals surface area contributed by atoms with E-state index in [1.165, 1.54) is 5.56 Å². The van der Waals surface area contributed by atoms with Crippen LogP contribution in [0.3, 0.4) is 0 Å². The quantitative estimate of drug-likeness (QED) is 0.910. The lowest BCUT2D eigenvalue weighted by molar-refractivity contribution is -0.119. The van der Waals surface area contributed by atoms with Crippen LogP contribution in [-0.4, -0.2) is 11.6 Å². The second-order valence-electron chi connectivity index (χ2n) is 4.95. The molecule has 2 N–H and O–H groups in total. The first-order chi connectivity index (χ1) is 9.75. The molecule has 2 aromatic rings. The standard InChI is InChI=1S/C17H16N2O/c18-17(20)16(13-7-2-1-3-8-13)19-15-11-10-12-6-4-5-9-14(12)15/h1-9,16H,10-11H2,(H2,18,20)/t16-/m1/s1. The van der Waals surface area contributed by atoms with Crippen molar-refractivity contribution in [2.45, 2.75) is 18.9 Å². The third-order valence-corrected chi connectivity index (χ3v) is 3.63. The summed E-state index contributed by atoms with van der Waals surface area (Å²) >= 11 is 0. The Balaban J connectivity index is 2.00. The number of nitrogens with two attached hydrogens (primary N) is 1. The lowest BCUT2D eigenvalue weighted by atomic mass is 10.1. The maximum atomic E-state index is 11.7. The molecule has 0 bridgehead atoms. The number of aliphatic imine (C=N–C) groups is 1. The summed E-state index contributed by atoms with van der Waals surface area (Å²) < 4.78 is 0. The average molecular weight is 264 g/mol. The molecule has 100 valence electrons.